The Morgan fingerprint density at radius 2 is 1.80 bits per heavy atom. The topological polar surface area (TPSA) is 55.3 Å². The second-order valence-corrected chi connectivity index (χ2v) is 1.82. The van der Waals surface area contributed by atoms with Crippen molar-refractivity contribution < 1.29 is 5.48 Å². The van der Waals surface area contributed by atoms with Crippen molar-refractivity contribution >= 4 is 0 Å². The van der Waals surface area contributed by atoms with Gasteiger partial charge in [-0.3, -0.25) is 0 Å². The van der Waals surface area contributed by atoms with Crippen molar-refractivity contribution in [1.82, 2.24) is 0 Å². The molecule has 52 valence electrons. The minimum atomic E-state index is 0. The van der Waals surface area contributed by atoms with E-state index in [0.29, 0.717) is 6.42 Å². The van der Waals surface area contributed by atoms with Crippen LogP contribution in [-0.2, 0) is 6.42 Å². The van der Waals surface area contributed by atoms with Crippen molar-refractivity contribution in [3.8, 4) is 6.07 Å². The number of benzene rings is 1. The maximum atomic E-state index is 8.27. The highest BCUT2D eigenvalue weighted by Gasteiger charge is 1.84. The monoisotopic (exact) mass is 135 g/mol. The minimum Gasteiger partial charge on any atom is -0.412 e. The molecule has 0 saturated heterocycles. The van der Waals surface area contributed by atoms with Gasteiger partial charge in [0.05, 0.1) is 12.5 Å². The van der Waals surface area contributed by atoms with Crippen molar-refractivity contribution in [3.63, 3.8) is 0 Å². The number of hydrogen-bond acceptors (Lipinski definition) is 1. The summed E-state index contributed by atoms with van der Waals surface area (Å²) in [5.41, 5.74) is 1.08. The van der Waals surface area contributed by atoms with Gasteiger partial charge in [-0.25, -0.2) is 0 Å². The molecule has 10 heavy (non-hydrogen) atoms. The molecular formula is C8H9NO. The Labute approximate surface area is 60.0 Å². The van der Waals surface area contributed by atoms with Crippen molar-refractivity contribution in [3.05, 3.63) is 35.9 Å². The maximum Gasteiger partial charge on any atom is 0.0669 e. The third kappa shape index (κ3) is 2.29. The highest BCUT2D eigenvalue weighted by atomic mass is 16.0. The highest BCUT2D eigenvalue weighted by molar-refractivity contribution is 5.17. The molecular weight excluding hydrogens is 126 g/mol. The molecule has 0 aliphatic carbocycles. The Balaban J connectivity index is 0.000000810. The summed E-state index contributed by atoms with van der Waals surface area (Å²) in [5, 5.41) is 8.27. The van der Waals surface area contributed by atoms with Gasteiger partial charge in [0.1, 0.15) is 0 Å². The fourth-order valence-corrected chi connectivity index (χ4v) is 0.687. The summed E-state index contributed by atoms with van der Waals surface area (Å²) in [6.07, 6.45) is 0.515. The van der Waals surface area contributed by atoms with Crippen molar-refractivity contribution in [2.24, 2.45) is 0 Å². The smallest absolute Gasteiger partial charge is 0.0669 e. The summed E-state index contributed by atoms with van der Waals surface area (Å²) < 4.78 is 0. The van der Waals surface area contributed by atoms with E-state index in [9.17, 15) is 0 Å². The van der Waals surface area contributed by atoms with Crippen LogP contribution in [0.15, 0.2) is 30.3 Å². The van der Waals surface area contributed by atoms with E-state index in [1.807, 2.05) is 30.3 Å². The van der Waals surface area contributed by atoms with Gasteiger partial charge in [-0.2, -0.15) is 5.26 Å². The van der Waals surface area contributed by atoms with Gasteiger partial charge in [0.15, 0.2) is 0 Å². The summed E-state index contributed by atoms with van der Waals surface area (Å²) in [6, 6.07) is 11.8. The van der Waals surface area contributed by atoms with Crippen LogP contribution in [0.4, 0.5) is 0 Å². The lowest BCUT2D eigenvalue weighted by Crippen LogP contribution is -1.76. The van der Waals surface area contributed by atoms with Crippen molar-refractivity contribution in [2.75, 3.05) is 0 Å². The molecule has 0 spiro atoms. The lowest BCUT2D eigenvalue weighted by molar-refractivity contribution is 0.824. The predicted molar refractivity (Wildman–Crippen MR) is 39.4 cm³/mol. The number of hydrogen-bond donors (Lipinski definition) is 0. The SMILES string of the molecule is N#CCc1ccccc1.O. The summed E-state index contributed by atoms with van der Waals surface area (Å²) in [7, 11) is 0. The first kappa shape index (κ1) is 8.67. The van der Waals surface area contributed by atoms with Crippen LogP contribution in [0.2, 0.25) is 0 Å². The molecule has 0 fully saturated rings. The molecule has 0 aromatic heterocycles. The Morgan fingerprint density at radius 1 is 1.20 bits per heavy atom. The van der Waals surface area contributed by atoms with Crippen LogP contribution < -0.4 is 0 Å². The average molecular weight is 135 g/mol. The van der Waals surface area contributed by atoms with Crippen LogP contribution in [0, 0.1) is 11.3 Å². The third-order valence-corrected chi connectivity index (χ3v) is 1.13. The molecule has 0 aliphatic heterocycles. The first-order valence-electron chi connectivity index (χ1n) is 2.84. The first-order chi connectivity index (χ1) is 4.43. The summed E-state index contributed by atoms with van der Waals surface area (Å²) >= 11 is 0. The molecule has 2 N–H and O–H groups in total. The zero-order valence-electron chi connectivity index (χ0n) is 5.54. The van der Waals surface area contributed by atoms with E-state index in [1.54, 1.807) is 0 Å². The van der Waals surface area contributed by atoms with E-state index >= 15 is 0 Å². The van der Waals surface area contributed by atoms with Gasteiger partial charge >= 0.3 is 0 Å². The Morgan fingerprint density at radius 3 is 2.30 bits per heavy atom. The molecule has 2 nitrogen and oxygen atoms in total. The normalized spacial score (nSPS) is 7.50. The first-order valence-corrected chi connectivity index (χ1v) is 2.84. The molecule has 0 aliphatic rings. The highest BCUT2D eigenvalue weighted by Crippen LogP contribution is 1.96. The van der Waals surface area contributed by atoms with E-state index in [1.165, 1.54) is 0 Å². The molecule has 0 saturated carbocycles. The Hall–Kier alpha value is -1.33. The Bertz CT molecular complexity index is 212. The number of rotatable bonds is 1. The van der Waals surface area contributed by atoms with Gasteiger partial charge in [0.2, 0.25) is 0 Å². The molecule has 0 amide bonds. The van der Waals surface area contributed by atoms with Crippen LogP contribution in [0.25, 0.3) is 0 Å². The van der Waals surface area contributed by atoms with Crippen LogP contribution in [0.5, 0.6) is 0 Å². The maximum absolute atomic E-state index is 8.27. The van der Waals surface area contributed by atoms with Crippen LogP contribution >= 0.6 is 0 Å². The van der Waals surface area contributed by atoms with Crippen molar-refractivity contribution in [2.45, 2.75) is 6.42 Å². The van der Waals surface area contributed by atoms with Gasteiger partial charge in [-0.15, -0.1) is 0 Å². The van der Waals surface area contributed by atoms with Crippen LogP contribution in [0.1, 0.15) is 5.56 Å². The summed E-state index contributed by atoms with van der Waals surface area (Å²) in [4.78, 5) is 0. The summed E-state index contributed by atoms with van der Waals surface area (Å²) in [5.74, 6) is 0. The van der Waals surface area contributed by atoms with Gasteiger partial charge in [-0.05, 0) is 5.56 Å². The molecule has 0 heterocycles. The molecule has 1 rings (SSSR count). The van der Waals surface area contributed by atoms with E-state index in [4.69, 9.17) is 5.26 Å². The lowest BCUT2D eigenvalue weighted by Gasteiger charge is -1.88. The fraction of sp³-hybridized carbons (Fsp3) is 0.125. The molecule has 1 aromatic rings. The minimum absolute atomic E-state index is 0. The number of nitrogens with zero attached hydrogens (tertiary/aromatic N) is 1. The second-order valence-electron chi connectivity index (χ2n) is 1.82. The molecule has 0 bridgehead atoms. The number of nitriles is 1. The zero-order valence-corrected chi connectivity index (χ0v) is 5.54. The van der Waals surface area contributed by atoms with Crippen LogP contribution in [-0.4, -0.2) is 5.48 Å². The molecule has 0 atom stereocenters. The van der Waals surface area contributed by atoms with Gasteiger partial charge in [0, 0.05) is 0 Å². The second kappa shape index (κ2) is 4.54. The van der Waals surface area contributed by atoms with Gasteiger partial charge < -0.3 is 5.48 Å². The average Bonchev–Trinajstić information content (AvgIpc) is 1.91. The molecule has 1 aromatic carbocycles. The van der Waals surface area contributed by atoms with E-state index in [0.717, 1.165) is 5.56 Å². The largest absolute Gasteiger partial charge is 0.412 e. The van der Waals surface area contributed by atoms with Crippen LogP contribution in [0.3, 0.4) is 0 Å². The fourth-order valence-electron chi connectivity index (χ4n) is 0.687. The Kier molecular flexibility index (Phi) is 3.94. The molecule has 0 unspecified atom stereocenters. The van der Waals surface area contributed by atoms with Crippen molar-refractivity contribution in [1.29, 1.82) is 5.26 Å². The van der Waals surface area contributed by atoms with E-state index < -0.39 is 0 Å². The lowest BCUT2D eigenvalue weighted by atomic mass is 10.2. The third-order valence-electron chi connectivity index (χ3n) is 1.13. The quantitative estimate of drug-likeness (QED) is 0.565. The van der Waals surface area contributed by atoms with E-state index in [2.05, 4.69) is 6.07 Å². The molecule has 2 heteroatoms. The van der Waals surface area contributed by atoms with Gasteiger partial charge in [0.25, 0.3) is 0 Å². The molecule has 0 radical (unpaired) electrons. The zero-order chi connectivity index (χ0) is 6.53. The van der Waals surface area contributed by atoms with Gasteiger partial charge in [-0.1, -0.05) is 30.3 Å². The van der Waals surface area contributed by atoms with E-state index in [-0.39, 0.29) is 5.48 Å². The summed E-state index contributed by atoms with van der Waals surface area (Å²) in [6.45, 7) is 0. The standard InChI is InChI=1S/C8H7N.H2O/c9-7-6-8-4-2-1-3-5-8;/h1-5H,6H2;1H2. The predicted octanol–water partition coefficient (Wildman–Crippen LogP) is 0.928.